The van der Waals surface area contributed by atoms with Crippen LogP contribution >= 0.6 is 0 Å². The van der Waals surface area contributed by atoms with Crippen LogP contribution in [0.25, 0.3) is 11.1 Å². The van der Waals surface area contributed by atoms with Crippen LogP contribution in [-0.4, -0.2) is 30.2 Å². The van der Waals surface area contributed by atoms with Crippen LogP contribution in [0, 0.1) is 13.8 Å². The van der Waals surface area contributed by atoms with Crippen LogP contribution < -0.4 is 10.2 Å². The summed E-state index contributed by atoms with van der Waals surface area (Å²) in [6.45, 7) is 10.8. The van der Waals surface area contributed by atoms with E-state index in [1.54, 1.807) is 0 Å². The molecule has 1 aliphatic heterocycles. The highest BCUT2D eigenvalue weighted by Crippen LogP contribution is 2.26. The van der Waals surface area contributed by atoms with Crippen molar-refractivity contribution in [3.05, 3.63) is 47.7 Å². The Hall–Kier alpha value is -1.87. The number of benzene rings is 1. The van der Waals surface area contributed by atoms with E-state index >= 15 is 0 Å². The van der Waals surface area contributed by atoms with Crippen molar-refractivity contribution in [3.63, 3.8) is 0 Å². The Kier molecular flexibility index (Phi) is 4.16. The molecule has 1 saturated heterocycles. The average molecular weight is 295 g/mol. The van der Waals surface area contributed by atoms with E-state index in [0.29, 0.717) is 12.1 Å². The summed E-state index contributed by atoms with van der Waals surface area (Å²) in [4.78, 5) is 7.12. The Labute approximate surface area is 133 Å². The van der Waals surface area contributed by atoms with Crippen molar-refractivity contribution in [3.8, 4) is 11.1 Å². The smallest absolute Gasteiger partial charge is 0.128 e. The molecule has 1 aromatic carbocycles. The van der Waals surface area contributed by atoms with Gasteiger partial charge in [0.1, 0.15) is 5.82 Å². The standard InChI is InChI=1S/C19H25N3/c1-13-5-7-17(8-6-13)18-10-20-19(9-14(18)2)22-11-15(3)21-16(4)12-22/h5-10,15-16,21H,11-12H2,1-4H3/t15-,16+. The maximum atomic E-state index is 4.73. The van der Waals surface area contributed by atoms with Crippen molar-refractivity contribution in [2.75, 3.05) is 18.0 Å². The third-order valence-electron chi connectivity index (χ3n) is 4.34. The van der Waals surface area contributed by atoms with Crippen molar-refractivity contribution in [1.82, 2.24) is 10.3 Å². The fraction of sp³-hybridized carbons (Fsp3) is 0.421. The largest absolute Gasteiger partial charge is 0.354 e. The second kappa shape index (κ2) is 6.09. The molecule has 2 aromatic rings. The van der Waals surface area contributed by atoms with Crippen molar-refractivity contribution < 1.29 is 0 Å². The van der Waals surface area contributed by atoms with Gasteiger partial charge in [-0.1, -0.05) is 29.8 Å². The van der Waals surface area contributed by atoms with Gasteiger partial charge in [-0.25, -0.2) is 4.98 Å². The minimum atomic E-state index is 0.502. The Morgan fingerprint density at radius 1 is 1.05 bits per heavy atom. The number of aryl methyl sites for hydroxylation is 2. The Balaban J connectivity index is 1.87. The molecule has 1 N–H and O–H groups in total. The molecule has 1 aromatic heterocycles. The first-order chi connectivity index (χ1) is 10.5. The number of hydrogen-bond donors (Lipinski definition) is 1. The van der Waals surface area contributed by atoms with Crippen LogP contribution in [0.5, 0.6) is 0 Å². The number of aromatic nitrogens is 1. The summed E-state index contributed by atoms with van der Waals surface area (Å²) in [5, 5.41) is 3.57. The molecule has 0 aliphatic carbocycles. The van der Waals surface area contributed by atoms with Crippen LogP contribution in [0.2, 0.25) is 0 Å². The maximum Gasteiger partial charge on any atom is 0.128 e. The summed E-state index contributed by atoms with van der Waals surface area (Å²) >= 11 is 0. The van der Waals surface area contributed by atoms with E-state index in [1.807, 2.05) is 6.20 Å². The molecule has 3 rings (SSSR count). The minimum absolute atomic E-state index is 0.502. The lowest BCUT2D eigenvalue weighted by Crippen LogP contribution is -2.54. The van der Waals surface area contributed by atoms with Crippen LogP contribution in [0.15, 0.2) is 36.5 Å². The van der Waals surface area contributed by atoms with Gasteiger partial charge >= 0.3 is 0 Å². The van der Waals surface area contributed by atoms with Gasteiger partial charge in [-0.05, 0) is 44.9 Å². The monoisotopic (exact) mass is 295 g/mol. The van der Waals surface area contributed by atoms with Gasteiger partial charge in [-0.2, -0.15) is 0 Å². The first kappa shape index (κ1) is 15.0. The normalized spacial score (nSPS) is 21.9. The SMILES string of the molecule is Cc1ccc(-c2cnc(N3C[C@@H](C)N[C@@H](C)C3)cc2C)cc1. The number of nitrogens with one attached hydrogen (secondary N) is 1. The summed E-state index contributed by atoms with van der Waals surface area (Å²) in [5.74, 6) is 1.09. The molecule has 0 spiro atoms. The fourth-order valence-corrected chi connectivity index (χ4v) is 3.26. The van der Waals surface area contributed by atoms with Crippen molar-refractivity contribution in [2.45, 2.75) is 39.8 Å². The highest BCUT2D eigenvalue weighted by Gasteiger charge is 2.22. The molecule has 1 fully saturated rings. The van der Waals surface area contributed by atoms with Gasteiger partial charge in [0.2, 0.25) is 0 Å². The van der Waals surface area contributed by atoms with E-state index in [9.17, 15) is 0 Å². The van der Waals surface area contributed by atoms with Gasteiger partial charge in [0.25, 0.3) is 0 Å². The van der Waals surface area contributed by atoms with Crippen molar-refractivity contribution in [2.24, 2.45) is 0 Å². The summed E-state index contributed by atoms with van der Waals surface area (Å²) < 4.78 is 0. The molecule has 0 saturated carbocycles. The van der Waals surface area contributed by atoms with Gasteiger partial charge in [0, 0.05) is 36.9 Å². The molecular formula is C19H25N3. The number of hydrogen-bond acceptors (Lipinski definition) is 3. The number of piperazine rings is 1. The second-order valence-electron chi connectivity index (χ2n) is 6.60. The zero-order valence-corrected chi connectivity index (χ0v) is 13.9. The van der Waals surface area contributed by atoms with E-state index in [2.05, 4.69) is 68.2 Å². The van der Waals surface area contributed by atoms with E-state index in [4.69, 9.17) is 4.98 Å². The maximum absolute atomic E-state index is 4.73. The van der Waals surface area contributed by atoms with Gasteiger partial charge in [-0.15, -0.1) is 0 Å². The predicted molar refractivity (Wildman–Crippen MR) is 93.4 cm³/mol. The van der Waals surface area contributed by atoms with E-state index in [0.717, 1.165) is 18.9 Å². The summed E-state index contributed by atoms with van der Waals surface area (Å²) in [6, 6.07) is 11.9. The molecule has 3 heteroatoms. The van der Waals surface area contributed by atoms with Crippen LogP contribution in [-0.2, 0) is 0 Å². The summed E-state index contributed by atoms with van der Waals surface area (Å²) in [6.07, 6.45) is 2.02. The van der Waals surface area contributed by atoms with Gasteiger partial charge in [0.15, 0.2) is 0 Å². The highest BCUT2D eigenvalue weighted by molar-refractivity contribution is 5.68. The lowest BCUT2D eigenvalue weighted by molar-refractivity contribution is 0.405. The number of anilines is 1. The predicted octanol–water partition coefficient (Wildman–Crippen LogP) is 3.55. The van der Waals surface area contributed by atoms with E-state index in [-0.39, 0.29) is 0 Å². The fourth-order valence-electron chi connectivity index (χ4n) is 3.26. The zero-order valence-electron chi connectivity index (χ0n) is 13.9. The van der Waals surface area contributed by atoms with E-state index < -0.39 is 0 Å². The molecule has 116 valence electrons. The van der Waals surface area contributed by atoms with Crippen molar-refractivity contribution in [1.29, 1.82) is 0 Å². The molecule has 0 unspecified atom stereocenters. The van der Waals surface area contributed by atoms with Gasteiger partial charge in [0.05, 0.1) is 0 Å². The summed E-state index contributed by atoms with van der Waals surface area (Å²) in [7, 11) is 0. The Morgan fingerprint density at radius 3 is 2.27 bits per heavy atom. The van der Waals surface area contributed by atoms with E-state index in [1.165, 1.54) is 22.3 Å². The first-order valence-electron chi connectivity index (χ1n) is 8.07. The first-order valence-corrected chi connectivity index (χ1v) is 8.07. The highest BCUT2D eigenvalue weighted by atomic mass is 15.2. The molecule has 22 heavy (non-hydrogen) atoms. The minimum Gasteiger partial charge on any atom is -0.354 e. The number of rotatable bonds is 2. The van der Waals surface area contributed by atoms with Crippen molar-refractivity contribution >= 4 is 5.82 Å². The Bertz CT molecular complexity index is 638. The number of nitrogens with zero attached hydrogens (tertiary/aromatic N) is 2. The molecule has 0 amide bonds. The molecule has 0 bridgehead atoms. The van der Waals surface area contributed by atoms with Gasteiger partial charge in [-0.3, -0.25) is 0 Å². The quantitative estimate of drug-likeness (QED) is 0.918. The second-order valence-corrected chi connectivity index (χ2v) is 6.60. The zero-order chi connectivity index (χ0) is 15.7. The van der Waals surface area contributed by atoms with Crippen LogP contribution in [0.1, 0.15) is 25.0 Å². The molecule has 2 heterocycles. The lowest BCUT2D eigenvalue weighted by Gasteiger charge is -2.37. The molecule has 1 aliphatic rings. The summed E-state index contributed by atoms with van der Waals surface area (Å²) in [5.41, 5.74) is 5.03. The average Bonchev–Trinajstić information content (AvgIpc) is 2.47. The van der Waals surface area contributed by atoms with Crippen LogP contribution in [0.3, 0.4) is 0 Å². The molecule has 2 atom stereocenters. The molecule has 3 nitrogen and oxygen atoms in total. The van der Waals surface area contributed by atoms with Crippen LogP contribution in [0.4, 0.5) is 5.82 Å². The Morgan fingerprint density at radius 2 is 1.68 bits per heavy atom. The molecular weight excluding hydrogens is 270 g/mol. The third kappa shape index (κ3) is 3.14. The third-order valence-corrected chi connectivity index (χ3v) is 4.34. The lowest BCUT2D eigenvalue weighted by atomic mass is 10.0. The number of pyridine rings is 1. The molecule has 0 radical (unpaired) electrons. The topological polar surface area (TPSA) is 28.2 Å². The van der Waals surface area contributed by atoms with Gasteiger partial charge < -0.3 is 10.2 Å².